The van der Waals surface area contributed by atoms with Gasteiger partial charge in [0.2, 0.25) is 0 Å². The van der Waals surface area contributed by atoms with Crippen molar-refractivity contribution in [2.45, 2.75) is 25.2 Å². The molecule has 2 heteroatoms. The van der Waals surface area contributed by atoms with Crippen molar-refractivity contribution in [1.29, 1.82) is 0 Å². The van der Waals surface area contributed by atoms with Gasteiger partial charge in [0.25, 0.3) is 0 Å². The van der Waals surface area contributed by atoms with Crippen LogP contribution >= 0.6 is 0 Å². The zero-order valence-electron chi connectivity index (χ0n) is 9.45. The predicted octanol–water partition coefficient (Wildman–Crippen LogP) is 3.21. The van der Waals surface area contributed by atoms with Crippen LogP contribution in [-0.4, -0.2) is 13.9 Å². The molecule has 0 aliphatic heterocycles. The summed E-state index contributed by atoms with van der Waals surface area (Å²) >= 11 is 0. The molecule has 1 nitrogen and oxygen atoms in total. The normalized spacial score (nSPS) is 12.9. The summed E-state index contributed by atoms with van der Waals surface area (Å²) in [5.41, 5.74) is 0.503. The highest BCUT2D eigenvalue weighted by atomic mass is 28.3. The fourth-order valence-electron chi connectivity index (χ4n) is 1.49. The standard InChI is InChI=1S/C13H16OSi/c1-5-12(15(2,3)4)13(14)11-9-7-6-8-10-11/h1,6-10,12H,2-4H3. The van der Waals surface area contributed by atoms with Gasteiger partial charge in [-0.1, -0.05) is 55.9 Å². The van der Waals surface area contributed by atoms with E-state index < -0.39 is 8.07 Å². The second-order valence-corrected chi connectivity index (χ2v) is 10.0. The summed E-state index contributed by atoms with van der Waals surface area (Å²) in [6.45, 7) is 6.37. The molecular formula is C13H16OSi. The average Bonchev–Trinajstić information content (AvgIpc) is 2.18. The number of carbonyl (C=O) groups excluding carboxylic acids is 1. The van der Waals surface area contributed by atoms with Gasteiger partial charge in [-0.25, -0.2) is 0 Å². The summed E-state index contributed by atoms with van der Waals surface area (Å²) in [5.74, 6) is 2.75. The van der Waals surface area contributed by atoms with E-state index in [0.717, 1.165) is 5.56 Å². The quantitative estimate of drug-likeness (QED) is 0.431. The van der Waals surface area contributed by atoms with E-state index >= 15 is 0 Å². The summed E-state index contributed by atoms with van der Waals surface area (Å²) in [7, 11) is -1.62. The molecule has 1 aromatic carbocycles. The maximum atomic E-state index is 12.1. The molecule has 0 N–H and O–H groups in total. The molecule has 0 aromatic heterocycles. The van der Waals surface area contributed by atoms with Crippen LogP contribution < -0.4 is 0 Å². The Morgan fingerprint density at radius 2 is 1.80 bits per heavy atom. The topological polar surface area (TPSA) is 17.1 Å². The van der Waals surface area contributed by atoms with Gasteiger partial charge in [0, 0.05) is 5.56 Å². The molecule has 0 saturated heterocycles. The second kappa shape index (κ2) is 4.46. The van der Waals surface area contributed by atoms with Crippen molar-refractivity contribution in [3.8, 4) is 12.3 Å². The molecule has 0 heterocycles. The lowest BCUT2D eigenvalue weighted by atomic mass is 10.1. The van der Waals surface area contributed by atoms with Crippen molar-refractivity contribution >= 4 is 13.9 Å². The van der Waals surface area contributed by atoms with Gasteiger partial charge in [-0.15, -0.1) is 6.42 Å². The summed E-state index contributed by atoms with van der Waals surface area (Å²) in [6.07, 6.45) is 5.46. The molecule has 1 aromatic rings. The van der Waals surface area contributed by atoms with E-state index in [1.165, 1.54) is 0 Å². The van der Waals surface area contributed by atoms with E-state index in [-0.39, 0.29) is 11.3 Å². The number of rotatable bonds is 3. The molecule has 0 fully saturated rings. The number of ketones is 1. The number of benzene rings is 1. The van der Waals surface area contributed by atoms with Crippen molar-refractivity contribution < 1.29 is 4.79 Å². The van der Waals surface area contributed by atoms with Crippen LogP contribution in [0.3, 0.4) is 0 Å². The first-order chi connectivity index (χ1) is 6.96. The van der Waals surface area contributed by atoms with Crippen LogP contribution in [0.4, 0.5) is 0 Å². The Kier molecular flexibility index (Phi) is 3.49. The van der Waals surface area contributed by atoms with Crippen LogP contribution in [0.25, 0.3) is 0 Å². The number of Topliss-reactive ketones (excluding diaryl/α,β-unsaturated/α-hetero) is 1. The number of terminal acetylenes is 1. The highest BCUT2D eigenvalue weighted by Crippen LogP contribution is 2.25. The lowest BCUT2D eigenvalue weighted by molar-refractivity contribution is 0.0996. The minimum Gasteiger partial charge on any atom is -0.293 e. The first-order valence-electron chi connectivity index (χ1n) is 5.02. The van der Waals surface area contributed by atoms with Crippen molar-refractivity contribution in [2.75, 3.05) is 0 Å². The van der Waals surface area contributed by atoms with E-state index in [9.17, 15) is 4.79 Å². The third-order valence-corrected chi connectivity index (χ3v) is 4.51. The molecule has 0 aliphatic rings. The van der Waals surface area contributed by atoms with Crippen LogP contribution in [0.1, 0.15) is 10.4 Å². The third-order valence-electron chi connectivity index (χ3n) is 2.35. The minimum atomic E-state index is -1.62. The molecule has 0 radical (unpaired) electrons. The molecule has 0 aliphatic carbocycles. The molecule has 0 spiro atoms. The zero-order valence-corrected chi connectivity index (χ0v) is 10.4. The SMILES string of the molecule is C#CC(C(=O)c1ccccc1)[Si](C)(C)C. The van der Waals surface area contributed by atoms with Gasteiger partial charge in [0.1, 0.15) is 0 Å². The lowest BCUT2D eigenvalue weighted by Crippen LogP contribution is -2.32. The number of hydrogen-bond acceptors (Lipinski definition) is 1. The van der Waals surface area contributed by atoms with E-state index in [0.29, 0.717) is 0 Å². The Morgan fingerprint density at radius 3 is 2.20 bits per heavy atom. The van der Waals surface area contributed by atoms with Crippen LogP contribution in [-0.2, 0) is 0 Å². The highest BCUT2D eigenvalue weighted by molar-refractivity contribution is 6.81. The fraction of sp³-hybridized carbons (Fsp3) is 0.308. The van der Waals surface area contributed by atoms with Crippen LogP contribution in [0.5, 0.6) is 0 Å². The summed E-state index contributed by atoms with van der Waals surface area (Å²) < 4.78 is 0. The van der Waals surface area contributed by atoms with E-state index in [1.54, 1.807) is 0 Å². The highest BCUT2D eigenvalue weighted by Gasteiger charge is 2.31. The third kappa shape index (κ3) is 2.81. The first-order valence-corrected chi connectivity index (χ1v) is 8.60. The minimum absolute atomic E-state index is 0.0947. The van der Waals surface area contributed by atoms with Gasteiger partial charge in [-0.05, 0) is 0 Å². The Morgan fingerprint density at radius 1 is 1.27 bits per heavy atom. The largest absolute Gasteiger partial charge is 0.293 e. The monoisotopic (exact) mass is 216 g/mol. The van der Waals surface area contributed by atoms with Crippen LogP contribution in [0, 0.1) is 12.3 Å². The summed E-state index contributed by atoms with van der Waals surface area (Å²) in [5, 5.41) is 0. The molecule has 15 heavy (non-hydrogen) atoms. The van der Waals surface area contributed by atoms with Gasteiger partial charge in [-0.3, -0.25) is 4.79 Å². The molecule has 1 rings (SSSR count). The van der Waals surface area contributed by atoms with Crippen molar-refractivity contribution in [3.63, 3.8) is 0 Å². The Hall–Kier alpha value is -1.33. The smallest absolute Gasteiger partial charge is 0.174 e. The average molecular weight is 216 g/mol. The van der Waals surface area contributed by atoms with Crippen molar-refractivity contribution in [2.24, 2.45) is 0 Å². The maximum Gasteiger partial charge on any atom is 0.174 e. The first kappa shape index (κ1) is 11.7. The molecule has 0 amide bonds. The Balaban J connectivity index is 3.00. The molecular weight excluding hydrogens is 200 g/mol. The molecule has 0 bridgehead atoms. The van der Waals surface area contributed by atoms with E-state index in [4.69, 9.17) is 6.42 Å². The van der Waals surface area contributed by atoms with E-state index in [1.807, 2.05) is 30.3 Å². The van der Waals surface area contributed by atoms with Crippen LogP contribution in [0.2, 0.25) is 25.2 Å². The van der Waals surface area contributed by atoms with Crippen LogP contribution in [0.15, 0.2) is 30.3 Å². The van der Waals surface area contributed by atoms with E-state index in [2.05, 4.69) is 25.6 Å². The van der Waals surface area contributed by atoms with Gasteiger partial charge >= 0.3 is 0 Å². The summed E-state index contributed by atoms with van der Waals surface area (Å²) in [6, 6.07) is 9.28. The molecule has 1 atom stereocenters. The lowest BCUT2D eigenvalue weighted by Gasteiger charge is -2.22. The van der Waals surface area contributed by atoms with Gasteiger partial charge in [0.05, 0.1) is 13.6 Å². The fourth-order valence-corrected chi connectivity index (χ4v) is 2.94. The Bertz CT molecular complexity index is 381. The summed E-state index contributed by atoms with van der Waals surface area (Å²) in [4.78, 5) is 12.1. The van der Waals surface area contributed by atoms with Gasteiger partial charge < -0.3 is 0 Å². The second-order valence-electron chi connectivity index (χ2n) is 4.70. The van der Waals surface area contributed by atoms with Crippen molar-refractivity contribution in [3.05, 3.63) is 35.9 Å². The zero-order chi connectivity index (χ0) is 11.5. The Labute approximate surface area is 92.5 Å². The van der Waals surface area contributed by atoms with Crippen molar-refractivity contribution in [1.82, 2.24) is 0 Å². The molecule has 0 saturated carbocycles. The number of hydrogen-bond donors (Lipinski definition) is 0. The number of carbonyl (C=O) groups is 1. The maximum absolute atomic E-state index is 12.1. The van der Waals surface area contributed by atoms with Gasteiger partial charge in [0.15, 0.2) is 5.78 Å². The molecule has 1 unspecified atom stereocenters. The van der Waals surface area contributed by atoms with Gasteiger partial charge in [-0.2, -0.15) is 0 Å². The predicted molar refractivity (Wildman–Crippen MR) is 66.7 cm³/mol. The molecule has 78 valence electrons.